The number of amides is 4. The van der Waals surface area contributed by atoms with Crippen LogP contribution in [-0.4, -0.2) is 142 Å². The molecule has 3 N–H and O–H groups in total. The molecule has 4 unspecified atom stereocenters. The number of nitrogens with one attached hydrogen (secondary N) is 2. The van der Waals surface area contributed by atoms with Gasteiger partial charge in [0, 0.05) is 118 Å². The molecule has 4 bridgehead atoms. The molecule has 2 saturated carbocycles. The summed E-state index contributed by atoms with van der Waals surface area (Å²) < 4.78 is 38.9. The third kappa shape index (κ3) is 8.98. The highest BCUT2D eigenvalue weighted by Crippen LogP contribution is 2.50. The molecule has 4 amide bonds. The number of ether oxygens (including phenoxy) is 1. The minimum atomic E-state index is -0.724. The Morgan fingerprint density at radius 2 is 1.67 bits per heavy atom. The number of piperidine rings is 1. The summed E-state index contributed by atoms with van der Waals surface area (Å²) in [5.74, 6) is 1.82. The van der Waals surface area contributed by atoms with E-state index in [0.717, 1.165) is 64.7 Å². The van der Waals surface area contributed by atoms with E-state index in [-0.39, 0.29) is 75.1 Å². The highest BCUT2D eigenvalue weighted by molar-refractivity contribution is 6.34. The van der Waals surface area contributed by atoms with Gasteiger partial charge in [-0.15, -0.1) is 6.42 Å². The molecule has 2 aliphatic carbocycles. The molecule has 15 nitrogen and oxygen atoms in total. The summed E-state index contributed by atoms with van der Waals surface area (Å²) in [6, 6.07) is 11.9. The van der Waals surface area contributed by atoms with E-state index in [4.69, 9.17) is 32.7 Å². The molecule has 2 aromatic heterocycles. The van der Waals surface area contributed by atoms with Gasteiger partial charge >= 0.3 is 12.0 Å². The van der Waals surface area contributed by atoms with Crippen LogP contribution in [0.15, 0.2) is 48.7 Å². The van der Waals surface area contributed by atoms with Crippen molar-refractivity contribution in [3.63, 3.8) is 0 Å². The van der Waals surface area contributed by atoms with Gasteiger partial charge in [-0.05, 0) is 124 Å². The highest BCUT2D eigenvalue weighted by Gasteiger charge is 2.51. The van der Waals surface area contributed by atoms with Crippen LogP contribution in [-0.2, 0) is 4.79 Å². The zero-order valence-corrected chi connectivity index (χ0v) is 42.7. The number of fused-ring (bicyclic) bond motifs is 6. The maximum absolute atomic E-state index is 17.2. The van der Waals surface area contributed by atoms with Crippen LogP contribution in [0.5, 0.6) is 11.8 Å². The zero-order chi connectivity index (χ0) is 51.3. The number of nitrogens with zero attached hydrogens (tertiary/aromatic N) is 8. The number of urea groups is 1. The Morgan fingerprint density at radius 1 is 0.907 bits per heavy atom. The second kappa shape index (κ2) is 18.8. The summed E-state index contributed by atoms with van der Waals surface area (Å²) in [5.41, 5.74) is 1.25. The second-order valence-corrected chi connectivity index (χ2v) is 23.5. The van der Waals surface area contributed by atoms with Gasteiger partial charge in [-0.25, -0.2) is 13.6 Å². The van der Waals surface area contributed by atoms with Crippen molar-refractivity contribution < 1.29 is 33.0 Å². The number of benzene rings is 3. The van der Waals surface area contributed by atoms with Gasteiger partial charge in [0.25, 0.3) is 5.91 Å². The first-order valence-electron chi connectivity index (χ1n) is 26.9. The lowest BCUT2D eigenvalue weighted by Crippen LogP contribution is -2.51. The third-order valence-electron chi connectivity index (χ3n) is 18.4. The normalized spacial score (nSPS) is 25.4. The number of pyridine rings is 1. The van der Waals surface area contributed by atoms with E-state index >= 15 is 8.78 Å². The molecule has 390 valence electrons. The second-order valence-electron chi connectivity index (χ2n) is 23.1. The van der Waals surface area contributed by atoms with Crippen molar-refractivity contribution in [3.8, 4) is 35.4 Å². The highest BCUT2D eigenvalue weighted by atomic mass is 35.5. The van der Waals surface area contributed by atoms with Gasteiger partial charge in [-0.3, -0.25) is 34.6 Å². The Bertz CT molecular complexity index is 3190. The number of likely N-dealkylation sites (tertiary alicyclic amines) is 3. The number of anilines is 2. The lowest BCUT2D eigenvalue weighted by molar-refractivity contribution is -0.120. The summed E-state index contributed by atoms with van der Waals surface area (Å²) in [6.45, 7) is 7.68. The first kappa shape index (κ1) is 48.5. The van der Waals surface area contributed by atoms with E-state index in [0.29, 0.717) is 95.7 Å². The molecule has 1 spiro atoms. The molecule has 8 aliphatic rings. The van der Waals surface area contributed by atoms with Gasteiger partial charge in [0.2, 0.25) is 5.91 Å². The summed E-state index contributed by atoms with van der Waals surface area (Å²) in [4.78, 5) is 63.3. The number of piperazine rings is 2. The van der Waals surface area contributed by atoms with Gasteiger partial charge in [0.05, 0.1) is 28.3 Å². The Hall–Kier alpha value is -6.19. The minimum Gasteiger partial charge on any atom is -0.508 e. The van der Waals surface area contributed by atoms with Gasteiger partial charge in [0.15, 0.2) is 5.82 Å². The number of hydrogen-bond donors (Lipinski definition) is 3. The zero-order valence-electron chi connectivity index (χ0n) is 41.9. The van der Waals surface area contributed by atoms with Crippen LogP contribution in [0.3, 0.4) is 0 Å². The number of aromatic nitrogens is 3. The Balaban J connectivity index is 0.636. The van der Waals surface area contributed by atoms with Crippen LogP contribution in [0.4, 0.5) is 25.1 Å². The molecular weight excluding hydrogens is 978 g/mol. The van der Waals surface area contributed by atoms with Crippen LogP contribution in [0, 0.1) is 40.7 Å². The summed E-state index contributed by atoms with van der Waals surface area (Å²) >= 11 is 6.47. The van der Waals surface area contributed by atoms with Crippen LogP contribution >= 0.6 is 11.6 Å². The topological polar surface area (TPSA) is 160 Å². The number of phenolic OH excluding ortho intramolecular Hbond substituents is 1. The van der Waals surface area contributed by atoms with Crippen molar-refractivity contribution in [2.24, 2.45) is 16.7 Å². The standard InChI is InChI=1S/C57H61ClF2N10O5/c1-2-41-45(59)8-4-34-21-40(71)24-42(48(34)41)50-49(60)51-43(25-61-50)52(68-27-36-5-6-37(28-68)62-36)65-54(64-51)75-32-57(14-15-57)31-69-30-38-23-39(69)29-67(38)26-33-9-12-56(13-10-33)16-19-66(20-17-56)53(73)35-3-7-44(58)46(22-35)70-18-11-47(72)63-55(70)74/h1,3-4,7-8,21-22,24-25,33,36-39,62,71H,5-6,9-20,23,26-32H2,(H,63,72,74). The quantitative estimate of drug-likeness (QED) is 0.110. The average molecular weight is 1040 g/mol. The number of carbonyl (C=O) groups excluding carboxylic acids is 3. The van der Waals surface area contributed by atoms with Crippen molar-refractivity contribution in [1.29, 1.82) is 0 Å². The number of imide groups is 1. The number of carbonyl (C=O) groups is 3. The monoisotopic (exact) mass is 1040 g/mol. The minimum absolute atomic E-state index is 0.0355. The van der Waals surface area contributed by atoms with Crippen LogP contribution in [0.2, 0.25) is 5.02 Å². The molecule has 3 aromatic carbocycles. The number of aromatic hydroxyl groups is 1. The van der Waals surface area contributed by atoms with Gasteiger partial charge in [-0.2, -0.15) is 9.97 Å². The van der Waals surface area contributed by atoms with Crippen LogP contribution < -0.4 is 25.2 Å². The Kier molecular flexibility index (Phi) is 12.2. The maximum Gasteiger partial charge on any atom is 0.328 e. The first-order valence-corrected chi connectivity index (χ1v) is 27.3. The Morgan fingerprint density at radius 3 is 2.39 bits per heavy atom. The molecule has 6 saturated heterocycles. The number of terminal acetylenes is 1. The average Bonchev–Trinajstić information content (AvgIpc) is 3.71. The molecular formula is C57H61ClF2N10O5. The molecule has 4 atom stereocenters. The predicted molar refractivity (Wildman–Crippen MR) is 281 cm³/mol. The van der Waals surface area contributed by atoms with Crippen molar-refractivity contribution >= 4 is 62.6 Å². The Labute approximate surface area is 439 Å². The van der Waals surface area contributed by atoms with E-state index in [2.05, 4.69) is 36.2 Å². The van der Waals surface area contributed by atoms with Crippen LogP contribution in [0.25, 0.3) is 32.9 Å². The fourth-order valence-corrected chi connectivity index (χ4v) is 14.2. The van der Waals surface area contributed by atoms with E-state index in [1.54, 1.807) is 24.4 Å². The first-order chi connectivity index (χ1) is 36.3. The van der Waals surface area contributed by atoms with E-state index in [9.17, 15) is 19.5 Å². The molecule has 18 heteroatoms. The smallest absolute Gasteiger partial charge is 0.328 e. The molecule has 75 heavy (non-hydrogen) atoms. The molecule has 8 heterocycles. The summed E-state index contributed by atoms with van der Waals surface area (Å²) in [6.07, 6.45) is 19.7. The molecule has 6 aliphatic heterocycles. The third-order valence-corrected chi connectivity index (χ3v) is 18.7. The number of phenols is 1. The van der Waals surface area contributed by atoms with Crippen molar-refractivity contribution in [2.45, 2.75) is 101 Å². The summed E-state index contributed by atoms with van der Waals surface area (Å²) in [7, 11) is 0. The maximum atomic E-state index is 17.2. The van der Waals surface area contributed by atoms with Crippen molar-refractivity contribution in [2.75, 3.05) is 75.3 Å². The van der Waals surface area contributed by atoms with Crippen molar-refractivity contribution in [3.05, 3.63) is 76.4 Å². The van der Waals surface area contributed by atoms with Gasteiger partial charge in [0.1, 0.15) is 28.6 Å². The molecule has 0 radical (unpaired) electrons. The van der Waals surface area contributed by atoms with E-state index in [1.165, 1.54) is 61.3 Å². The predicted octanol–water partition coefficient (Wildman–Crippen LogP) is 7.88. The number of rotatable bonds is 11. The van der Waals surface area contributed by atoms with E-state index < -0.39 is 17.7 Å². The molecule has 13 rings (SSSR count). The van der Waals surface area contributed by atoms with Crippen molar-refractivity contribution in [1.82, 2.24) is 40.3 Å². The number of halogens is 3. The molecule has 5 aromatic rings. The van der Waals surface area contributed by atoms with Gasteiger partial charge < -0.3 is 25.0 Å². The lowest BCUT2D eigenvalue weighted by atomic mass is 9.65. The molecule has 8 fully saturated rings. The lowest BCUT2D eigenvalue weighted by Gasteiger charge is -2.47. The number of hydrogen-bond acceptors (Lipinski definition) is 12. The fraction of sp³-hybridized carbons (Fsp3) is 0.509. The fourth-order valence-electron chi connectivity index (χ4n) is 14.0. The van der Waals surface area contributed by atoms with Crippen LogP contribution in [0.1, 0.15) is 93.0 Å². The van der Waals surface area contributed by atoms with Gasteiger partial charge in [-0.1, -0.05) is 23.6 Å². The SMILES string of the molecule is C#Cc1c(F)ccc2cc(O)cc(-c3ncc4c(N5CC6CCC(C5)N6)nc(OCC5(CN6CC7CC6CN7CC6CCC7(CC6)CCN(C(=O)c6ccc(Cl)c(N8CCC(=O)NC8=O)c6)CC7)CC5)nc4c3F)c12. The van der Waals surface area contributed by atoms with E-state index in [1.807, 2.05) is 4.90 Å². The summed E-state index contributed by atoms with van der Waals surface area (Å²) in [5, 5.41) is 18.3. The largest absolute Gasteiger partial charge is 0.508 e.